The maximum Gasteiger partial charge on any atom is 0.308 e. The highest BCUT2D eigenvalue weighted by Crippen LogP contribution is 2.29. The van der Waals surface area contributed by atoms with Crippen LogP contribution >= 0.6 is 0 Å². The van der Waals surface area contributed by atoms with Gasteiger partial charge < -0.3 is 46.9 Å². The summed E-state index contributed by atoms with van der Waals surface area (Å²) in [6, 6.07) is 22.7. The Balaban J connectivity index is 0.000000219. The molecule has 3 heterocycles. The quantitative estimate of drug-likeness (QED) is 0.0326. The minimum absolute atomic E-state index is 0.139. The predicted molar refractivity (Wildman–Crippen MR) is 253 cm³/mol. The van der Waals surface area contributed by atoms with E-state index in [1.54, 1.807) is 37.6 Å². The Morgan fingerprint density at radius 3 is 1.13 bits per heavy atom. The molecule has 0 amide bonds. The molecule has 0 N–H and O–H groups in total. The molecule has 6 rings (SSSR count). The molecular formula is C51H66N6O10. The third-order valence-corrected chi connectivity index (χ3v) is 9.65. The standard InChI is InChI=1S/C18H24N2O3.C17H22N2O3.C16H20N2O4/c1-5-22-17(21)12-16(20-11-10-19-13-20)14-6-8-15(9-7-14)23-18(2,3)4;1-17(2,3)22-14-7-5-13(6-8-14)15(11-16(20)21-4)19-10-9-18-12-19;1-3-21-12-22-14-6-4-13(5-7-14)15(10-16(19)20-2)18-9-8-17-11-18/h6-11,13,16H,5,12H2,1-4H3;5-10,12,15H,11H2,1-4H3;4-9,11,15H,3,10,12H2,1-2H3. The summed E-state index contributed by atoms with van der Waals surface area (Å²) >= 11 is 0. The smallest absolute Gasteiger partial charge is 0.308 e. The third kappa shape index (κ3) is 18.5. The lowest BCUT2D eigenvalue weighted by atomic mass is 10.0. The van der Waals surface area contributed by atoms with Gasteiger partial charge in [0.05, 0.1) is 77.2 Å². The Morgan fingerprint density at radius 1 is 0.507 bits per heavy atom. The van der Waals surface area contributed by atoms with E-state index in [1.165, 1.54) is 14.2 Å². The normalized spacial score (nSPS) is 12.4. The van der Waals surface area contributed by atoms with Gasteiger partial charge in [0.15, 0.2) is 6.79 Å². The highest BCUT2D eigenvalue weighted by atomic mass is 16.7. The second kappa shape index (κ2) is 26.3. The molecule has 0 saturated carbocycles. The van der Waals surface area contributed by atoms with E-state index in [-0.39, 0.29) is 73.3 Å². The number of hydrogen-bond acceptors (Lipinski definition) is 13. The summed E-state index contributed by atoms with van der Waals surface area (Å²) in [4.78, 5) is 47.4. The average Bonchev–Trinajstić information content (AvgIpc) is 4.13. The Morgan fingerprint density at radius 2 is 0.851 bits per heavy atom. The van der Waals surface area contributed by atoms with Crippen LogP contribution in [0, 0.1) is 0 Å². The Labute approximate surface area is 394 Å². The van der Waals surface area contributed by atoms with Crippen LogP contribution in [0.1, 0.15) is 109 Å². The summed E-state index contributed by atoms with van der Waals surface area (Å²) in [5, 5.41) is 0. The number of carbonyl (C=O) groups is 3. The molecule has 3 aromatic heterocycles. The largest absolute Gasteiger partial charge is 0.488 e. The minimum Gasteiger partial charge on any atom is -0.488 e. The van der Waals surface area contributed by atoms with Crippen molar-refractivity contribution in [1.29, 1.82) is 0 Å². The number of hydrogen-bond donors (Lipinski definition) is 0. The Bertz CT molecular complexity index is 2300. The topological polar surface area (TPSA) is 169 Å². The van der Waals surface area contributed by atoms with E-state index >= 15 is 0 Å². The second-order valence-electron chi connectivity index (χ2n) is 17.0. The number of methoxy groups -OCH3 is 2. The van der Waals surface area contributed by atoms with Gasteiger partial charge in [0.2, 0.25) is 0 Å². The number of benzene rings is 3. The van der Waals surface area contributed by atoms with Gasteiger partial charge in [0, 0.05) is 43.8 Å². The first kappa shape index (κ1) is 52.7. The third-order valence-electron chi connectivity index (χ3n) is 9.65. The van der Waals surface area contributed by atoms with E-state index in [4.69, 9.17) is 33.2 Å². The van der Waals surface area contributed by atoms with Gasteiger partial charge in [-0.3, -0.25) is 14.4 Å². The summed E-state index contributed by atoms with van der Waals surface area (Å²) in [6.07, 6.45) is 16.5. The molecule has 0 fully saturated rings. The van der Waals surface area contributed by atoms with Crippen LogP contribution in [0.25, 0.3) is 0 Å². The first-order valence-electron chi connectivity index (χ1n) is 22.1. The van der Waals surface area contributed by atoms with Crippen LogP contribution in [-0.2, 0) is 33.3 Å². The Kier molecular flexibility index (Phi) is 20.7. The molecule has 16 heteroatoms. The maximum absolute atomic E-state index is 11.9. The lowest BCUT2D eigenvalue weighted by Gasteiger charge is -2.22. The zero-order valence-electron chi connectivity index (χ0n) is 40.4. The molecule has 0 aliphatic heterocycles. The van der Waals surface area contributed by atoms with Gasteiger partial charge in [0.25, 0.3) is 0 Å². The molecule has 0 aliphatic rings. The number of ether oxygens (including phenoxy) is 7. The monoisotopic (exact) mass is 922 g/mol. The van der Waals surface area contributed by atoms with E-state index in [1.807, 2.05) is 160 Å². The Hall–Kier alpha value is -6.94. The predicted octanol–water partition coefficient (Wildman–Crippen LogP) is 9.22. The van der Waals surface area contributed by atoms with Gasteiger partial charge in [-0.05, 0) is 108 Å². The van der Waals surface area contributed by atoms with Gasteiger partial charge in [-0.1, -0.05) is 36.4 Å². The number of nitrogens with zero attached hydrogens (tertiary/aromatic N) is 6. The van der Waals surface area contributed by atoms with Crippen molar-refractivity contribution in [2.45, 2.75) is 104 Å². The molecule has 0 saturated heterocycles. The van der Waals surface area contributed by atoms with E-state index in [0.717, 1.165) is 33.9 Å². The van der Waals surface area contributed by atoms with E-state index in [9.17, 15) is 14.4 Å². The molecule has 67 heavy (non-hydrogen) atoms. The molecule has 0 bridgehead atoms. The van der Waals surface area contributed by atoms with Crippen LogP contribution < -0.4 is 14.2 Å². The van der Waals surface area contributed by atoms with Crippen molar-refractivity contribution < 1.29 is 47.5 Å². The average molecular weight is 923 g/mol. The van der Waals surface area contributed by atoms with Gasteiger partial charge >= 0.3 is 17.9 Å². The molecule has 360 valence electrons. The fourth-order valence-electron chi connectivity index (χ4n) is 6.61. The van der Waals surface area contributed by atoms with Crippen molar-refractivity contribution >= 4 is 17.9 Å². The van der Waals surface area contributed by atoms with E-state index in [0.29, 0.717) is 13.2 Å². The molecule has 3 unspecified atom stereocenters. The number of carbonyl (C=O) groups excluding carboxylic acids is 3. The van der Waals surface area contributed by atoms with Crippen LogP contribution in [0.3, 0.4) is 0 Å². The number of esters is 3. The molecule has 0 spiro atoms. The van der Waals surface area contributed by atoms with Crippen LogP contribution in [0.2, 0.25) is 0 Å². The van der Waals surface area contributed by atoms with Crippen molar-refractivity contribution in [2.75, 3.05) is 34.2 Å². The molecular weight excluding hydrogens is 857 g/mol. The van der Waals surface area contributed by atoms with Crippen molar-refractivity contribution in [3.05, 3.63) is 146 Å². The van der Waals surface area contributed by atoms with Gasteiger partial charge in [-0.2, -0.15) is 0 Å². The first-order valence-corrected chi connectivity index (χ1v) is 22.1. The van der Waals surface area contributed by atoms with Crippen LogP contribution in [0.4, 0.5) is 0 Å². The maximum atomic E-state index is 11.9. The first-order chi connectivity index (χ1) is 32.0. The molecule has 0 aliphatic carbocycles. The highest BCUT2D eigenvalue weighted by Gasteiger charge is 2.22. The van der Waals surface area contributed by atoms with E-state index in [2.05, 4.69) is 15.0 Å². The van der Waals surface area contributed by atoms with Crippen LogP contribution in [-0.4, -0.2) is 92.0 Å². The van der Waals surface area contributed by atoms with Gasteiger partial charge in [-0.25, -0.2) is 15.0 Å². The molecule has 3 aromatic carbocycles. The van der Waals surface area contributed by atoms with Gasteiger partial charge in [0.1, 0.15) is 28.5 Å². The summed E-state index contributed by atoms with van der Waals surface area (Å²) in [6.45, 7) is 17.0. The zero-order chi connectivity index (χ0) is 48.8. The van der Waals surface area contributed by atoms with Crippen molar-refractivity contribution in [2.24, 2.45) is 0 Å². The highest BCUT2D eigenvalue weighted by molar-refractivity contribution is 5.71. The zero-order valence-corrected chi connectivity index (χ0v) is 40.4. The van der Waals surface area contributed by atoms with Gasteiger partial charge in [-0.15, -0.1) is 0 Å². The second-order valence-corrected chi connectivity index (χ2v) is 17.0. The van der Waals surface area contributed by atoms with E-state index < -0.39 is 0 Å². The molecule has 16 nitrogen and oxygen atoms in total. The lowest BCUT2D eigenvalue weighted by molar-refractivity contribution is -0.144. The van der Waals surface area contributed by atoms with Crippen LogP contribution in [0.5, 0.6) is 17.2 Å². The molecule has 6 aromatic rings. The SMILES string of the molecule is CCOC(=O)CC(c1ccc(OC(C)(C)C)cc1)n1ccnc1.CCOCOc1ccc(C(CC(=O)OC)n2ccnc2)cc1.COC(=O)CC(c1ccc(OC(C)(C)C)cc1)n1ccnc1. The van der Waals surface area contributed by atoms with Crippen molar-refractivity contribution in [3.63, 3.8) is 0 Å². The van der Waals surface area contributed by atoms with Crippen molar-refractivity contribution in [1.82, 2.24) is 28.7 Å². The molecule has 3 atom stereocenters. The fraction of sp³-hybridized carbons (Fsp3) is 0.412. The number of rotatable bonds is 19. The number of aromatic nitrogens is 6. The summed E-state index contributed by atoms with van der Waals surface area (Å²) in [7, 11) is 2.78. The van der Waals surface area contributed by atoms with Crippen molar-refractivity contribution in [3.8, 4) is 17.2 Å². The van der Waals surface area contributed by atoms with Crippen LogP contribution in [0.15, 0.2) is 129 Å². The fourth-order valence-corrected chi connectivity index (χ4v) is 6.61. The summed E-state index contributed by atoms with van der Waals surface area (Å²) < 4.78 is 42.6. The number of imidazole rings is 3. The summed E-state index contributed by atoms with van der Waals surface area (Å²) in [5.74, 6) is 1.59. The minimum atomic E-state index is -0.268. The lowest BCUT2D eigenvalue weighted by Crippen LogP contribution is -2.23. The summed E-state index contributed by atoms with van der Waals surface area (Å²) in [5.41, 5.74) is 2.52. The molecule has 0 radical (unpaired) electrons.